The lowest BCUT2D eigenvalue weighted by Crippen LogP contribution is -2.26. The fraction of sp³-hybridized carbons (Fsp3) is 0.0286. The van der Waals surface area contributed by atoms with Crippen LogP contribution in [0.1, 0.15) is 5.56 Å². The number of hydrogen-bond donors (Lipinski definition) is 0. The second-order valence-electron chi connectivity index (χ2n) is 10.1. The highest BCUT2D eigenvalue weighted by molar-refractivity contribution is 6.25. The van der Waals surface area contributed by atoms with Gasteiger partial charge in [0.15, 0.2) is 0 Å². The summed E-state index contributed by atoms with van der Waals surface area (Å²) in [6.07, 6.45) is 3.60. The van der Waals surface area contributed by atoms with Gasteiger partial charge in [-0.3, -0.25) is 4.57 Å². The Morgan fingerprint density at radius 3 is 2.10 bits per heavy atom. The van der Waals surface area contributed by atoms with Crippen LogP contribution < -0.4 is 5.69 Å². The van der Waals surface area contributed by atoms with Crippen molar-refractivity contribution in [3.8, 4) is 22.4 Å². The number of imidazole rings is 1. The van der Waals surface area contributed by atoms with Crippen molar-refractivity contribution in [2.24, 2.45) is 0 Å². The molecule has 184 valence electrons. The SMILES string of the molecule is O=c1n(Cc2ccccc2)ccc2ncc(-c3ccc(-c4ccc5ccc6cccc7ccc4c5c67)cc3)n12. The molecule has 0 N–H and O–H groups in total. The maximum absolute atomic E-state index is 13.5. The minimum absolute atomic E-state index is 0.0975. The van der Waals surface area contributed by atoms with E-state index in [2.05, 4.69) is 83.8 Å². The van der Waals surface area contributed by atoms with Crippen LogP contribution in [-0.2, 0) is 6.54 Å². The molecule has 0 aliphatic heterocycles. The number of rotatable bonds is 4. The smallest absolute Gasteiger partial charge is 0.296 e. The molecule has 0 radical (unpaired) electrons. The first-order valence-electron chi connectivity index (χ1n) is 13.1. The molecular weight excluding hydrogens is 478 g/mol. The van der Waals surface area contributed by atoms with Gasteiger partial charge in [-0.05, 0) is 55.1 Å². The Balaban J connectivity index is 1.23. The molecule has 0 fully saturated rings. The van der Waals surface area contributed by atoms with E-state index < -0.39 is 0 Å². The second-order valence-corrected chi connectivity index (χ2v) is 10.1. The van der Waals surface area contributed by atoms with Gasteiger partial charge in [-0.25, -0.2) is 14.2 Å². The Labute approximate surface area is 224 Å². The summed E-state index contributed by atoms with van der Waals surface area (Å²) in [5, 5.41) is 7.68. The highest BCUT2D eigenvalue weighted by Gasteiger charge is 2.14. The van der Waals surface area contributed by atoms with Gasteiger partial charge in [0.1, 0.15) is 5.65 Å². The van der Waals surface area contributed by atoms with E-state index >= 15 is 0 Å². The van der Waals surface area contributed by atoms with Gasteiger partial charge in [-0.15, -0.1) is 0 Å². The summed E-state index contributed by atoms with van der Waals surface area (Å²) in [5.74, 6) is 0. The van der Waals surface area contributed by atoms with Gasteiger partial charge in [0.2, 0.25) is 0 Å². The minimum atomic E-state index is -0.0975. The van der Waals surface area contributed by atoms with Crippen LogP contribution in [-0.4, -0.2) is 14.0 Å². The van der Waals surface area contributed by atoms with E-state index in [9.17, 15) is 4.79 Å². The average molecular weight is 502 g/mol. The fourth-order valence-electron chi connectivity index (χ4n) is 5.95. The molecule has 8 rings (SSSR count). The third kappa shape index (κ3) is 3.39. The highest BCUT2D eigenvalue weighted by atomic mass is 16.1. The van der Waals surface area contributed by atoms with E-state index in [4.69, 9.17) is 0 Å². The molecule has 0 aliphatic carbocycles. The van der Waals surface area contributed by atoms with E-state index in [-0.39, 0.29) is 5.69 Å². The normalized spacial score (nSPS) is 11.8. The molecular formula is C35H23N3O. The molecule has 0 saturated carbocycles. The number of benzene rings is 6. The molecule has 8 aromatic rings. The quantitative estimate of drug-likeness (QED) is 0.231. The van der Waals surface area contributed by atoms with Crippen LogP contribution in [0.5, 0.6) is 0 Å². The molecule has 4 nitrogen and oxygen atoms in total. The molecule has 0 atom stereocenters. The lowest BCUT2D eigenvalue weighted by atomic mass is 9.89. The second kappa shape index (κ2) is 8.40. The zero-order valence-corrected chi connectivity index (χ0v) is 21.1. The van der Waals surface area contributed by atoms with Crippen molar-refractivity contribution < 1.29 is 0 Å². The number of hydrogen-bond acceptors (Lipinski definition) is 2. The van der Waals surface area contributed by atoms with Gasteiger partial charge < -0.3 is 0 Å². The average Bonchev–Trinajstić information content (AvgIpc) is 3.43. The third-order valence-corrected chi connectivity index (χ3v) is 7.85. The Hall–Kier alpha value is -5.22. The number of fused-ring (bicyclic) bond motifs is 1. The first kappa shape index (κ1) is 21.8. The van der Waals surface area contributed by atoms with E-state index in [1.54, 1.807) is 15.2 Å². The van der Waals surface area contributed by atoms with Crippen LogP contribution in [0.2, 0.25) is 0 Å². The predicted octanol–water partition coefficient (Wildman–Crippen LogP) is 7.78. The van der Waals surface area contributed by atoms with Crippen LogP contribution >= 0.6 is 0 Å². The topological polar surface area (TPSA) is 39.3 Å². The van der Waals surface area contributed by atoms with Crippen molar-refractivity contribution in [3.05, 3.63) is 144 Å². The van der Waals surface area contributed by atoms with Crippen LogP contribution in [0.3, 0.4) is 0 Å². The summed E-state index contributed by atoms with van der Waals surface area (Å²) in [4.78, 5) is 18.0. The van der Waals surface area contributed by atoms with Crippen LogP contribution in [0.25, 0.3) is 60.3 Å². The summed E-state index contributed by atoms with van der Waals surface area (Å²) < 4.78 is 3.43. The zero-order chi connectivity index (χ0) is 25.9. The van der Waals surface area contributed by atoms with Crippen LogP contribution in [0.15, 0.2) is 132 Å². The van der Waals surface area contributed by atoms with Gasteiger partial charge in [-0.1, -0.05) is 109 Å². The Kier molecular flexibility index (Phi) is 4.70. The van der Waals surface area contributed by atoms with E-state index in [1.165, 1.54) is 37.9 Å². The maximum Gasteiger partial charge on any atom is 0.334 e. The molecule has 2 aromatic heterocycles. The van der Waals surface area contributed by atoms with Gasteiger partial charge in [0.05, 0.1) is 18.4 Å². The van der Waals surface area contributed by atoms with Gasteiger partial charge in [0.25, 0.3) is 0 Å². The molecule has 4 heteroatoms. The van der Waals surface area contributed by atoms with Crippen LogP contribution in [0, 0.1) is 0 Å². The summed E-state index contributed by atoms with van der Waals surface area (Å²) in [6.45, 7) is 0.515. The lowest BCUT2D eigenvalue weighted by Gasteiger charge is -2.14. The molecule has 0 bridgehead atoms. The Bertz CT molecular complexity index is 2190. The van der Waals surface area contributed by atoms with Crippen molar-refractivity contribution in [2.75, 3.05) is 0 Å². The predicted molar refractivity (Wildman–Crippen MR) is 160 cm³/mol. The van der Waals surface area contributed by atoms with E-state index in [1.807, 2.05) is 42.6 Å². The van der Waals surface area contributed by atoms with Crippen molar-refractivity contribution in [1.82, 2.24) is 14.0 Å². The summed E-state index contributed by atoms with van der Waals surface area (Å²) in [6, 6.07) is 40.2. The minimum Gasteiger partial charge on any atom is -0.296 e. The van der Waals surface area contributed by atoms with Gasteiger partial charge in [-0.2, -0.15) is 0 Å². The van der Waals surface area contributed by atoms with Crippen molar-refractivity contribution in [3.63, 3.8) is 0 Å². The van der Waals surface area contributed by atoms with E-state index in [0.717, 1.165) is 22.4 Å². The zero-order valence-electron chi connectivity index (χ0n) is 21.1. The third-order valence-electron chi connectivity index (χ3n) is 7.85. The number of aromatic nitrogens is 3. The molecule has 0 amide bonds. The molecule has 39 heavy (non-hydrogen) atoms. The molecule has 6 aromatic carbocycles. The molecule has 0 spiro atoms. The fourth-order valence-corrected chi connectivity index (χ4v) is 5.95. The first-order chi connectivity index (χ1) is 19.2. The Morgan fingerprint density at radius 2 is 1.31 bits per heavy atom. The summed E-state index contributed by atoms with van der Waals surface area (Å²) in [7, 11) is 0. The van der Waals surface area contributed by atoms with Crippen LogP contribution in [0.4, 0.5) is 0 Å². The first-order valence-corrected chi connectivity index (χ1v) is 13.1. The standard InChI is InChI=1S/C35H23N3O/c39-35-37(22-23-5-2-1-3-6-23)20-19-32-36-21-31(38(32)35)25-11-9-24(10-12-25)29-17-15-28-14-13-26-7-4-8-27-16-18-30(29)34(28)33(26)27/h1-21H,22H2. The Morgan fingerprint density at radius 1 is 0.615 bits per heavy atom. The van der Waals surface area contributed by atoms with Crippen molar-refractivity contribution in [2.45, 2.75) is 6.54 Å². The van der Waals surface area contributed by atoms with Gasteiger partial charge in [0, 0.05) is 11.8 Å². The molecule has 0 saturated heterocycles. The van der Waals surface area contributed by atoms with Crippen molar-refractivity contribution >= 4 is 38.0 Å². The van der Waals surface area contributed by atoms with E-state index in [0.29, 0.717) is 12.2 Å². The maximum atomic E-state index is 13.5. The highest BCUT2D eigenvalue weighted by Crippen LogP contribution is 2.39. The molecule has 2 heterocycles. The summed E-state index contributed by atoms with van der Waals surface area (Å²) >= 11 is 0. The number of nitrogens with zero attached hydrogens (tertiary/aromatic N) is 3. The molecule has 0 aliphatic rings. The van der Waals surface area contributed by atoms with Gasteiger partial charge >= 0.3 is 5.69 Å². The van der Waals surface area contributed by atoms with Crippen molar-refractivity contribution in [1.29, 1.82) is 0 Å². The largest absolute Gasteiger partial charge is 0.334 e. The monoisotopic (exact) mass is 501 g/mol. The summed E-state index contributed by atoms with van der Waals surface area (Å²) in [5.41, 5.74) is 5.73. The molecule has 0 unspecified atom stereocenters. The lowest BCUT2D eigenvalue weighted by molar-refractivity contribution is 0.716.